The molecule has 0 saturated heterocycles. The van der Waals surface area contributed by atoms with Crippen molar-refractivity contribution in [2.45, 2.75) is 53.5 Å². The molecule has 0 aliphatic carbocycles. The van der Waals surface area contributed by atoms with Crippen LogP contribution in [0.4, 0.5) is 5.69 Å². The molecule has 0 unspecified atom stereocenters. The van der Waals surface area contributed by atoms with Gasteiger partial charge in [0.1, 0.15) is 0 Å². The van der Waals surface area contributed by atoms with Crippen LogP contribution in [0.3, 0.4) is 0 Å². The predicted molar refractivity (Wildman–Crippen MR) is 92.8 cm³/mol. The van der Waals surface area contributed by atoms with Crippen LogP contribution in [0.5, 0.6) is 0 Å². The van der Waals surface area contributed by atoms with Crippen molar-refractivity contribution in [3.05, 3.63) is 29.3 Å². The first-order valence-corrected chi connectivity index (χ1v) is 8.62. The molecule has 0 saturated carbocycles. The SMILES string of the molecule is CC(C)CCN(CCC(C)C)Cc1ccc2c(c1)CCN2. The Balaban J connectivity index is 1.95. The van der Waals surface area contributed by atoms with E-state index in [1.807, 2.05) is 0 Å². The number of nitrogens with one attached hydrogen (secondary N) is 1. The summed E-state index contributed by atoms with van der Waals surface area (Å²) >= 11 is 0. The summed E-state index contributed by atoms with van der Waals surface area (Å²) in [6, 6.07) is 6.97. The molecule has 0 radical (unpaired) electrons. The summed E-state index contributed by atoms with van der Waals surface area (Å²) in [6.45, 7) is 13.9. The molecule has 0 fully saturated rings. The Kier molecular flexibility index (Phi) is 6.10. The van der Waals surface area contributed by atoms with Gasteiger partial charge in [0.15, 0.2) is 0 Å². The average Bonchev–Trinajstić information content (AvgIpc) is 2.89. The molecule has 1 N–H and O–H groups in total. The van der Waals surface area contributed by atoms with E-state index < -0.39 is 0 Å². The molecule has 2 nitrogen and oxygen atoms in total. The smallest absolute Gasteiger partial charge is 0.0373 e. The lowest BCUT2D eigenvalue weighted by atomic mass is 10.1. The van der Waals surface area contributed by atoms with Crippen molar-refractivity contribution in [3.8, 4) is 0 Å². The third-order valence-electron chi connectivity index (χ3n) is 4.33. The van der Waals surface area contributed by atoms with E-state index in [9.17, 15) is 0 Å². The molecule has 0 amide bonds. The van der Waals surface area contributed by atoms with E-state index in [1.165, 1.54) is 49.2 Å². The summed E-state index contributed by atoms with van der Waals surface area (Å²) in [6.07, 6.45) is 3.77. The number of fused-ring (bicyclic) bond motifs is 1. The van der Waals surface area contributed by atoms with Crippen LogP contribution in [0.25, 0.3) is 0 Å². The van der Waals surface area contributed by atoms with Crippen molar-refractivity contribution < 1.29 is 0 Å². The standard InChI is InChI=1S/C19H32N2/c1-15(2)8-11-21(12-9-16(3)4)14-17-5-6-19-18(13-17)7-10-20-19/h5-6,13,15-16,20H,7-12,14H2,1-4H3. The van der Waals surface area contributed by atoms with Crippen LogP contribution in [0, 0.1) is 11.8 Å². The monoisotopic (exact) mass is 288 g/mol. The Labute approximate surface area is 130 Å². The highest BCUT2D eigenvalue weighted by Gasteiger charge is 2.12. The Hall–Kier alpha value is -1.02. The maximum Gasteiger partial charge on any atom is 0.0373 e. The molecule has 1 heterocycles. The van der Waals surface area contributed by atoms with E-state index in [4.69, 9.17) is 0 Å². The molecule has 1 aromatic rings. The van der Waals surface area contributed by atoms with E-state index >= 15 is 0 Å². The molecule has 118 valence electrons. The number of hydrogen-bond donors (Lipinski definition) is 1. The lowest BCUT2D eigenvalue weighted by molar-refractivity contribution is 0.235. The van der Waals surface area contributed by atoms with Gasteiger partial charge in [-0.25, -0.2) is 0 Å². The normalized spacial score (nSPS) is 14.0. The fourth-order valence-electron chi connectivity index (χ4n) is 2.87. The van der Waals surface area contributed by atoms with Crippen molar-refractivity contribution in [3.63, 3.8) is 0 Å². The van der Waals surface area contributed by atoms with E-state index in [-0.39, 0.29) is 0 Å². The summed E-state index contributed by atoms with van der Waals surface area (Å²) in [5, 5.41) is 3.45. The van der Waals surface area contributed by atoms with Gasteiger partial charge in [-0.05, 0) is 61.4 Å². The van der Waals surface area contributed by atoms with Gasteiger partial charge in [-0.2, -0.15) is 0 Å². The zero-order valence-electron chi connectivity index (χ0n) is 14.3. The zero-order chi connectivity index (χ0) is 15.2. The van der Waals surface area contributed by atoms with E-state index in [0.29, 0.717) is 0 Å². The van der Waals surface area contributed by atoms with Gasteiger partial charge in [-0.1, -0.05) is 39.8 Å². The summed E-state index contributed by atoms with van der Waals surface area (Å²) in [7, 11) is 0. The highest BCUT2D eigenvalue weighted by Crippen LogP contribution is 2.24. The van der Waals surface area contributed by atoms with E-state index in [0.717, 1.165) is 24.9 Å². The molecule has 21 heavy (non-hydrogen) atoms. The molecule has 0 spiro atoms. The molecule has 0 aromatic heterocycles. The molecule has 1 aliphatic heterocycles. The van der Waals surface area contributed by atoms with Crippen LogP contribution in [0.1, 0.15) is 51.7 Å². The number of hydrogen-bond acceptors (Lipinski definition) is 2. The number of anilines is 1. The van der Waals surface area contributed by atoms with Gasteiger partial charge in [0.2, 0.25) is 0 Å². The highest BCUT2D eigenvalue weighted by molar-refractivity contribution is 5.56. The largest absolute Gasteiger partial charge is 0.384 e. The van der Waals surface area contributed by atoms with Gasteiger partial charge in [0.25, 0.3) is 0 Å². The second-order valence-electron chi connectivity index (χ2n) is 7.31. The number of rotatable bonds is 8. The van der Waals surface area contributed by atoms with Crippen LogP contribution < -0.4 is 5.32 Å². The lowest BCUT2D eigenvalue weighted by Crippen LogP contribution is -2.27. The molecular weight excluding hydrogens is 256 g/mol. The molecule has 2 rings (SSSR count). The summed E-state index contributed by atoms with van der Waals surface area (Å²) < 4.78 is 0. The van der Waals surface area contributed by atoms with Gasteiger partial charge in [0, 0.05) is 18.8 Å². The first kappa shape index (κ1) is 16.4. The summed E-state index contributed by atoms with van der Waals surface area (Å²) in [5.41, 5.74) is 4.32. The molecular formula is C19H32N2. The van der Waals surface area contributed by atoms with E-state index in [2.05, 4.69) is 56.1 Å². The van der Waals surface area contributed by atoms with Gasteiger partial charge in [-0.3, -0.25) is 4.90 Å². The molecule has 1 aromatic carbocycles. The lowest BCUT2D eigenvalue weighted by Gasteiger charge is -2.24. The first-order chi connectivity index (χ1) is 10.0. The third kappa shape index (κ3) is 5.35. The average molecular weight is 288 g/mol. The Morgan fingerprint density at radius 3 is 2.33 bits per heavy atom. The number of nitrogens with zero attached hydrogens (tertiary/aromatic N) is 1. The minimum absolute atomic E-state index is 0.788. The molecule has 0 bridgehead atoms. The molecule has 1 aliphatic rings. The fraction of sp³-hybridized carbons (Fsp3) is 0.684. The molecule has 2 heteroatoms. The minimum atomic E-state index is 0.788. The quantitative estimate of drug-likeness (QED) is 0.755. The van der Waals surface area contributed by atoms with Crippen molar-refractivity contribution >= 4 is 5.69 Å². The van der Waals surface area contributed by atoms with Gasteiger partial charge in [-0.15, -0.1) is 0 Å². The maximum absolute atomic E-state index is 3.45. The van der Waals surface area contributed by atoms with Crippen LogP contribution in [-0.2, 0) is 13.0 Å². The fourth-order valence-corrected chi connectivity index (χ4v) is 2.87. The van der Waals surface area contributed by atoms with Crippen LogP contribution in [-0.4, -0.2) is 24.5 Å². The Bertz CT molecular complexity index is 425. The second kappa shape index (κ2) is 7.84. The predicted octanol–water partition coefficient (Wildman–Crippen LogP) is 4.55. The maximum atomic E-state index is 3.45. The summed E-state index contributed by atoms with van der Waals surface area (Å²) in [5.74, 6) is 1.58. The highest BCUT2D eigenvalue weighted by atomic mass is 15.1. The minimum Gasteiger partial charge on any atom is -0.384 e. The van der Waals surface area contributed by atoms with Crippen molar-refractivity contribution in [2.75, 3.05) is 25.0 Å². The van der Waals surface area contributed by atoms with Crippen LogP contribution >= 0.6 is 0 Å². The Morgan fingerprint density at radius 1 is 1.05 bits per heavy atom. The van der Waals surface area contributed by atoms with Crippen LogP contribution in [0.2, 0.25) is 0 Å². The Morgan fingerprint density at radius 2 is 1.71 bits per heavy atom. The number of benzene rings is 1. The first-order valence-electron chi connectivity index (χ1n) is 8.62. The zero-order valence-corrected chi connectivity index (χ0v) is 14.3. The second-order valence-corrected chi connectivity index (χ2v) is 7.31. The topological polar surface area (TPSA) is 15.3 Å². The van der Waals surface area contributed by atoms with Crippen molar-refractivity contribution in [2.24, 2.45) is 11.8 Å². The van der Waals surface area contributed by atoms with Gasteiger partial charge >= 0.3 is 0 Å². The molecule has 0 atom stereocenters. The van der Waals surface area contributed by atoms with Crippen LogP contribution in [0.15, 0.2) is 18.2 Å². The van der Waals surface area contributed by atoms with Gasteiger partial charge in [0.05, 0.1) is 0 Å². The summed E-state index contributed by atoms with van der Waals surface area (Å²) in [4.78, 5) is 2.64. The van der Waals surface area contributed by atoms with Crippen molar-refractivity contribution in [1.29, 1.82) is 0 Å². The van der Waals surface area contributed by atoms with Crippen molar-refractivity contribution in [1.82, 2.24) is 4.90 Å². The third-order valence-corrected chi connectivity index (χ3v) is 4.33. The van der Waals surface area contributed by atoms with E-state index in [1.54, 1.807) is 0 Å². The van der Waals surface area contributed by atoms with Gasteiger partial charge < -0.3 is 5.32 Å².